The van der Waals surface area contributed by atoms with E-state index in [1.54, 1.807) is 6.07 Å². The first kappa shape index (κ1) is 26.3. The largest absolute Gasteiger partial charge is 0.478 e. The highest BCUT2D eigenvalue weighted by molar-refractivity contribution is 7.74. The molecule has 10 heteroatoms. The molecule has 5 N–H and O–H groups in total. The number of nitrogens with one attached hydrogen (secondary N) is 1. The second-order valence-corrected chi connectivity index (χ2v) is 12.2. The normalized spacial score (nSPS) is 15.2. The minimum Gasteiger partial charge on any atom is -0.478 e. The topological polar surface area (TPSA) is 144 Å². The molecule has 0 saturated heterocycles. The zero-order chi connectivity index (χ0) is 22.9. The van der Waals surface area contributed by atoms with Gasteiger partial charge in [-0.15, -0.1) is 0 Å². The lowest BCUT2D eigenvalue weighted by molar-refractivity contribution is 0.0698. The average molecular weight is 459 g/mol. The van der Waals surface area contributed by atoms with E-state index in [-0.39, 0.29) is 23.8 Å². The standard InChI is InChI=1S/C20H31NO7P2/c1-15(2)8-6-9-16(3)10-7-13-29(24,25)19(30(26,27)28)14-21-18-12-5-4-11-17(18)20(22)23/h4-5,8,10-12,19,21H,6-7,9,13-14H2,1-3H3,(H,22,23)(H,24,25)(H2,26,27,28)/b16-10+. The quantitative estimate of drug-likeness (QED) is 0.224. The Morgan fingerprint density at radius 3 is 2.27 bits per heavy atom. The summed E-state index contributed by atoms with van der Waals surface area (Å²) in [7, 11) is -9.14. The maximum atomic E-state index is 12.8. The van der Waals surface area contributed by atoms with E-state index in [0.29, 0.717) is 0 Å². The first-order chi connectivity index (χ1) is 13.8. The Morgan fingerprint density at radius 1 is 1.07 bits per heavy atom. The molecule has 0 bridgehead atoms. The highest BCUT2D eigenvalue weighted by Gasteiger charge is 2.43. The van der Waals surface area contributed by atoms with Crippen LogP contribution in [-0.4, -0.2) is 43.9 Å². The molecular weight excluding hydrogens is 428 g/mol. The zero-order valence-corrected chi connectivity index (χ0v) is 19.3. The third-order valence-electron chi connectivity index (χ3n) is 4.52. The van der Waals surface area contributed by atoms with Gasteiger partial charge < -0.3 is 25.1 Å². The van der Waals surface area contributed by atoms with Gasteiger partial charge in [0.2, 0.25) is 7.37 Å². The predicted molar refractivity (Wildman–Crippen MR) is 119 cm³/mol. The summed E-state index contributed by atoms with van der Waals surface area (Å²) in [5.41, 5.74) is 2.28. The van der Waals surface area contributed by atoms with Crippen molar-refractivity contribution in [3.8, 4) is 0 Å². The molecule has 0 spiro atoms. The monoisotopic (exact) mass is 459 g/mol. The maximum Gasteiger partial charge on any atom is 0.340 e. The fourth-order valence-electron chi connectivity index (χ4n) is 2.86. The molecule has 8 nitrogen and oxygen atoms in total. The highest BCUT2D eigenvalue weighted by Crippen LogP contribution is 2.62. The van der Waals surface area contributed by atoms with E-state index in [1.165, 1.54) is 23.8 Å². The number of carboxylic acid groups (broad SMARTS) is 1. The molecule has 0 amide bonds. The fourth-order valence-corrected chi connectivity index (χ4v) is 6.59. The summed E-state index contributed by atoms with van der Waals surface area (Å²) in [6.07, 6.45) is 5.52. The number of carboxylic acids is 1. The maximum absolute atomic E-state index is 12.8. The van der Waals surface area contributed by atoms with Gasteiger partial charge in [0.15, 0.2) is 5.40 Å². The third kappa shape index (κ3) is 8.99. The van der Waals surface area contributed by atoms with Crippen molar-refractivity contribution < 1.29 is 33.7 Å². The fraction of sp³-hybridized carbons (Fsp3) is 0.450. The van der Waals surface area contributed by atoms with Crippen LogP contribution in [0.3, 0.4) is 0 Å². The number of rotatable bonds is 12. The van der Waals surface area contributed by atoms with Crippen molar-refractivity contribution in [1.29, 1.82) is 0 Å². The summed E-state index contributed by atoms with van der Waals surface area (Å²) in [5.74, 6) is -1.22. The van der Waals surface area contributed by atoms with Crippen molar-refractivity contribution >= 4 is 26.6 Å². The molecule has 0 fully saturated rings. The van der Waals surface area contributed by atoms with Crippen molar-refractivity contribution in [3.63, 3.8) is 0 Å². The van der Waals surface area contributed by atoms with Crippen LogP contribution >= 0.6 is 15.0 Å². The van der Waals surface area contributed by atoms with E-state index in [4.69, 9.17) is 0 Å². The summed E-state index contributed by atoms with van der Waals surface area (Å²) >= 11 is 0. The lowest BCUT2D eigenvalue weighted by Crippen LogP contribution is -2.22. The van der Waals surface area contributed by atoms with E-state index < -0.39 is 32.9 Å². The van der Waals surface area contributed by atoms with Crippen LogP contribution in [0.1, 0.15) is 50.4 Å². The van der Waals surface area contributed by atoms with Gasteiger partial charge in [-0.05, 0) is 52.2 Å². The number of benzene rings is 1. The van der Waals surface area contributed by atoms with E-state index in [0.717, 1.165) is 18.4 Å². The van der Waals surface area contributed by atoms with Crippen LogP contribution in [0, 0.1) is 0 Å². The van der Waals surface area contributed by atoms with Crippen LogP contribution in [0.5, 0.6) is 0 Å². The number of para-hydroxylation sites is 1. The minimum atomic E-state index is -4.92. The Bertz CT molecular complexity index is 885. The summed E-state index contributed by atoms with van der Waals surface area (Å²) < 4.78 is 24.7. The SMILES string of the molecule is CC(C)=CCC/C(C)=C/CCP(=O)(O)C(CNc1ccccc1C(=O)O)P(=O)(O)O. The summed E-state index contributed by atoms with van der Waals surface area (Å²) in [6, 6.07) is 5.83. The molecule has 168 valence electrons. The van der Waals surface area contributed by atoms with Gasteiger partial charge in [-0.2, -0.15) is 0 Å². The molecule has 0 radical (unpaired) electrons. The molecule has 0 aliphatic rings. The Morgan fingerprint density at radius 2 is 1.70 bits per heavy atom. The first-order valence-corrected chi connectivity index (χ1v) is 13.2. The second-order valence-electron chi connectivity index (χ2n) is 7.44. The summed E-state index contributed by atoms with van der Waals surface area (Å²) in [5, 5.41) is 9.99. The van der Waals surface area contributed by atoms with Gasteiger partial charge in [-0.1, -0.05) is 35.4 Å². The van der Waals surface area contributed by atoms with E-state index in [2.05, 4.69) is 11.4 Å². The lowest BCUT2D eigenvalue weighted by atomic mass is 10.1. The molecule has 1 rings (SSSR count). The Balaban J connectivity index is 2.85. The Kier molecular flexibility index (Phi) is 10.2. The number of hydrogen-bond donors (Lipinski definition) is 5. The van der Waals surface area contributed by atoms with Crippen molar-refractivity contribution in [3.05, 3.63) is 53.1 Å². The molecule has 2 atom stereocenters. The lowest BCUT2D eigenvalue weighted by Gasteiger charge is -2.24. The molecule has 1 aromatic carbocycles. The molecule has 0 saturated carbocycles. The van der Waals surface area contributed by atoms with Crippen LogP contribution in [-0.2, 0) is 9.13 Å². The second kappa shape index (κ2) is 11.6. The van der Waals surface area contributed by atoms with Crippen LogP contribution in [0.4, 0.5) is 5.69 Å². The van der Waals surface area contributed by atoms with Gasteiger partial charge in [0, 0.05) is 18.4 Å². The van der Waals surface area contributed by atoms with Crippen LogP contribution in [0.25, 0.3) is 0 Å². The minimum absolute atomic E-state index is 0.0929. The van der Waals surface area contributed by atoms with Crippen molar-refractivity contribution in [2.45, 2.75) is 45.4 Å². The zero-order valence-electron chi connectivity index (χ0n) is 17.5. The van der Waals surface area contributed by atoms with Crippen LogP contribution in [0.2, 0.25) is 0 Å². The van der Waals surface area contributed by atoms with Gasteiger partial charge >= 0.3 is 13.6 Å². The Hall–Kier alpha value is -1.69. The molecule has 0 aliphatic heterocycles. The van der Waals surface area contributed by atoms with Gasteiger partial charge in [0.1, 0.15) is 0 Å². The smallest absolute Gasteiger partial charge is 0.340 e. The average Bonchev–Trinajstić information content (AvgIpc) is 2.60. The number of carbonyl (C=O) groups is 1. The van der Waals surface area contributed by atoms with E-state index in [1.807, 2.05) is 26.8 Å². The van der Waals surface area contributed by atoms with Gasteiger partial charge in [0.25, 0.3) is 0 Å². The van der Waals surface area contributed by atoms with Crippen molar-refractivity contribution in [2.24, 2.45) is 0 Å². The number of allylic oxidation sites excluding steroid dienone is 4. The molecule has 30 heavy (non-hydrogen) atoms. The summed E-state index contributed by atoms with van der Waals surface area (Å²) in [4.78, 5) is 41.0. The van der Waals surface area contributed by atoms with Gasteiger partial charge in [0.05, 0.1) is 5.56 Å². The molecule has 0 heterocycles. The van der Waals surface area contributed by atoms with E-state index >= 15 is 0 Å². The van der Waals surface area contributed by atoms with Gasteiger partial charge in [-0.3, -0.25) is 9.13 Å². The first-order valence-electron chi connectivity index (χ1n) is 9.56. The van der Waals surface area contributed by atoms with Crippen molar-refractivity contribution in [1.82, 2.24) is 0 Å². The molecule has 2 unspecified atom stereocenters. The van der Waals surface area contributed by atoms with Crippen LogP contribution < -0.4 is 5.32 Å². The summed E-state index contributed by atoms with van der Waals surface area (Å²) in [6.45, 7) is 5.40. The Labute approximate surface area is 177 Å². The predicted octanol–water partition coefficient (Wildman–Crippen LogP) is 4.65. The van der Waals surface area contributed by atoms with Crippen molar-refractivity contribution in [2.75, 3.05) is 18.0 Å². The molecular formula is C20H31NO7P2. The molecule has 1 aromatic rings. The third-order valence-corrected chi connectivity index (χ3v) is 9.48. The molecule has 0 aliphatic carbocycles. The van der Waals surface area contributed by atoms with E-state index in [9.17, 15) is 33.7 Å². The highest BCUT2D eigenvalue weighted by atomic mass is 31.2. The number of aromatic carboxylic acids is 1. The van der Waals surface area contributed by atoms with Crippen LogP contribution in [0.15, 0.2) is 47.6 Å². The number of anilines is 1. The number of hydrogen-bond acceptors (Lipinski definition) is 4. The van der Waals surface area contributed by atoms with Gasteiger partial charge in [-0.25, -0.2) is 4.79 Å². The molecule has 0 aromatic heterocycles.